The summed E-state index contributed by atoms with van der Waals surface area (Å²) >= 11 is 1.31. The van der Waals surface area contributed by atoms with Crippen LogP contribution in [-0.2, 0) is 20.9 Å². The largest absolute Gasteiger partial charge is 0.443 e. The van der Waals surface area contributed by atoms with Gasteiger partial charge in [-0.15, -0.1) is 0 Å². The third-order valence-corrected chi connectivity index (χ3v) is 7.16. The Bertz CT molecular complexity index is 985. The maximum atomic E-state index is 13.2. The third-order valence-electron chi connectivity index (χ3n) is 6.16. The molecular weight excluding hydrogens is 474 g/mol. The van der Waals surface area contributed by atoms with Crippen molar-refractivity contribution in [3.05, 3.63) is 39.9 Å². The Morgan fingerprint density at radius 3 is 2.43 bits per heavy atom. The Balaban J connectivity index is 1.49. The summed E-state index contributed by atoms with van der Waals surface area (Å²) < 4.78 is 5.18. The number of hydrogen-bond donors (Lipinski definition) is 0. The van der Waals surface area contributed by atoms with Gasteiger partial charge in [0.1, 0.15) is 12.4 Å². The van der Waals surface area contributed by atoms with E-state index in [0.29, 0.717) is 50.5 Å². The molecule has 190 valence electrons. The van der Waals surface area contributed by atoms with E-state index in [9.17, 15) is 24.5 Å². The fourth-order valence-electron chi connectivity index (χ4n) is 4.33. The highest BCUT2D eigenvalue weighted by molar-refractivity contribution is 8.14. The van der Waals surface area contributed by atoms with E-state index in [0.717, 1.165) is 6.42 Å². The molecule has 3 rings (SSSR count). The molecule has 35 heavy (non-hydrogen) atoms. The number of carbonyl (C=O) groups excluding carboxylic acids is 3. The van der Waals surface area contributed by atoms with E-state index in [1.807, 2.05) is 21.7 Å². The molecule has 1 aromatic rings. The average Bonchev–Trinajstić information content (AvgIpc) is 3.00. The predicted octanol–water partition coefficient (Wildman–Crippen LogP) is 2.54. The first-order valence-corrected chi connectivity index (χ1v) is 12.4. The van der Waals surface area contributed by atoms with Gasteiger partial charge in [0.05, 0.1) is 11.0 Å². The second-order valence-electron chi connectivity index (χ2n) is 8.73. The van der Waals surface area contributed by atoms with E-state index in [-0.39, 0.29) is 34.6 Å². The van der Waals surface area contributed by atoms with Crippen molar-refractivity contribution in [2.45, 2.75) is 44.6 Å². The van der Waals surface area contributed by atoms with Crippen molar-refractivity contribution in [2.75, 3.05) is 39.8 Å². The number of nitrogens with zero attached hydrogens (tertiary/aromatic N) is 5. The molecule has 2 aliphatic heterocycles. The van der Waals surface area contributed by atoms with Gasteiger partial charge >= 0.3 is 6.09 Å². The zero-order chi connectivity index (χ0) is 25.5. The number of benzene rings is 1. The van der Waals surface area contributed by atoms with Crippen molar-refractivity contribution >= 4 is 40.4 Å². The maximum Gasteiger partial charge on any atom is 0.435 e. The summed E-state index contributed by atoms with van der Waals surface area (Å²) in [7, 11) is 1.92. The average molecular weight is 506 g/mol. The van der Waals surface area contributed by atoms with Crippen LogP contribution in [0.4, 0.5) is 10.5 Å². The molecule has 2 fully saturated rings. The second-order valence-corrected chi connectivity index (χ2v) is 10.2. The molecule has 2 heterocycles. The van der Waals surface area contributed by atoms with Crippen molar-refractivity contribution in [1.29, 1.82) is 0 Å². The van der Waals surface area contributed by atoms with Gasteiger partial charge in [0.25, 0.3) is 5.69 Å². The van der Waals surface area contributed by atoms with E-state index >= 15 is 0 Å². The lowest BCUT2D eigenvalue weighted by molar-refractivity contribution is -0.384. The Hall–Kier alpha value is -2.99. The molecule has 0 saturated carbocycles. The van der Waals surface area contributed by atoms with Crippen LogP contribution < -0.4 is 0 Å². The summed E-state index contributed by atoms with van der Waals surface area (Å²) in [5.41, 5.74) is 0.596. The van der Waals surface area contributed by atoms with Crippen LogP contribution in [0.3, 0.4) is 0 Å². The summed E-state index contributed by atoms with van der Waals surface area (Å²) in [5.74, 6) is 0.599. The van der Waals surface area contributed by atoms with Crippen molar-refractivity contribution < 1.29 is 24.0 Å². The lowest BCUT2D eigenvalue weighted by Crippen LogP contribution is -2.45. The zero-order valence-electron chi connectivity index (χ0n) is 20.2. The monoisotopic (exact) mass is 505 g/mol. The van der Waals surface area contributed by atoms with Crippen LogP contribution in [0.1, 0.15) is 32.3 Å². The molecule has 2 amide bonds. The molecule has 0 unspecified atom stereocenters. The second kappa shape index (κ2) is 12.1. The topological polar surface area (TPSA) is 126 Å². The number of amidine groups is 1. The smallest absolute Gasteiger partial charge is 0.435 e. The minimum absolute atomic E-state index is 0.0306. The van der Waals surface area contributed by atoms with Gasteiger partial charge < -0.3 is 14.5 Å². The fourth-order valence-corrected chi connectivity index (χ4v) is 5.39. The van der Waals surface area contributed by atoms with E-state index < -0.39 is 11.0 Å². The number of hydrogen-bond acceptors (Lipinski definition) is 8. The normalized spacial score (nSPS) is 21.5. The first-order valence-electron chi connectivity index (χ1n) is 11.5. The quantitative estimate of drug-likeness (QED) is 0.257. The number of carbonyl (C=O) groups is 3. The number of amides is 2. The molecule has 11 nitrogen and oxygen atoms in total. The Kier molecular flexibility index (Phi) is 9.21. The number of nitro benzene ring substituents is 1. The first kappa shape index (κ1) is 26.6. The Labute approximate surface area is 208 Å². The van der Waals surface area contributed by atoms with Crippen LogP contribution in [0.25, 0.3) is 0 Å². The minimum Gasteiger partial charge on any atom is -0.443 e. The molecular formula is C23H31N5O6S. The lowest BCUT2D eigenvalue weighted by atomic mass is 10.2. The van der Waals surface area contributed by atoms with Gasteiger partial charge in [-0.05, 0) is 44.5 Å². The van der Waals surface area contributed by atoms with Crippen molar-refractivity contribution in [2.24, 2.45) is 4.99 Å². The van der Waals surface area contributed by atoms with Crippen LogP contribution in [0.15, 0.2) is 29.3 Å². The standard InChI is InChI=1S/C23H31N5O6S/c1-16(24-23(31)34-15-18-5-7-19(8-6-18)28(32)33)26-9-4-10-27(12-11-26)22(30)21-13-20(14-25(21)3)35-17(2)29/h5-8,20-21H,4,9-15H2,1-3H3/t20-,21-/m0/s1. The Morgan fingerprint density at radius 2 is 1.77 bits per heavy atom. The molecule has 0 aromatic heterocycles. The van der Waals surface area contributed by atoms with E-state index in [4.69, 9.17) is 4.74 Å². The van der Waals surface area contributed by atoms with Crippen LogP contribution >= 0.6 is 11.8 Å². The van der Waals surface area contributed by atoms with Crippen molar-refractivity contribution in [3.8, 4) is 0 Å². The molecule has 0 radical (unpaired) electrons. The summed E-state index contributed by atoms with van der Waals surface area (Å²) in [4.78, 5) is 56.9. The fraction of sp³-hybridized carbons (Fsp3) is 0.565. The van der Waals surface area contributed by atoms with Gasteiger partial charge in [-0.25, -0.2) is 4.79 Å². The number of likely N-dealkylation sites (tertiary alicyclic amines) is 1. The van der Waals surface area contributed by atoms with Gasteiger partial charge in [0.2, 0.25) is 5.91 Å². The molecule has 2 aliphatic rings. The highest BCUT2D eigenvalue weighted by Crippen LogP contribution is 2.28. The molecule has 0 aliphatic carbocycles. The lowest BCUT2D eigenvalue weighted by Gasteiger charge is -2.27. The van der Waals surface area contributed by atoms with Crippen molar-refractivity contribution in [3.63, 3.8) is 0 Å². The number of ether oxygens (including phenoxy) is 1. The molecule has 0 spiro atoms. The van der Waals surface area contributed by atoms with E-state index in [2.05, 4.69) is 4.99 Å². The van der Waals surface area contributed by atoms with Gasteiger partial charge in [0.15, 0.2) is 5.12 Å². The first-order chi connectivity index (χ1) is 16.6. The molecule has 0 N–H and O–H groups in total. The molecule has 12 heteroatoms. The highest BCUT2D eigenvalue weighted by Gasteiger charge is 2.37. The summed E-state index contributed by atoms with van der Waals surface area (Å²) in [6.45, 7) is 6.34. The van der Waals surface area contributed by atoms with Crippen LogP contribution in [-0.4, -0.2) is 93.6 Å². The number of thioether (sulfide) groups is 1. The Morgan fingerprint density at radius 1 is 1.11 bits per heavy atom. The van der Waals surface area contributed by atoms with E-state index in [1.165, 1.54) is 36.0 Å². The number of aliphatic imine (C=N–C) groups is 1. The summed E-state index contributed by atoms with van der Waals surface area (Å²) in [6, 6.07) is 5.56. The van der Waals surface area contributed by atoms with Gasteiger partial charge in [-0.3, -0.25) is 24.6 Å². The van der Waals surface area contributed by atoms with Crippen LogP contribution in [0.5, 0.6) is 0 Å². The zero-order valence-corrected chi connectivity index (χ0v) is 21.0. The van der Waals surface area contributed by atoms with Crippen LogP contribution in [0, 0.1) is 10.1 Å². The predicted molar refractivity (Wildman–Crippen MR) is 132 cm³/mol. The van der Waals surface area contributed by atoms with Crippen molar-refractivity contribution in [1.82, 2.24) is 14.7 Å². The molecule has 2 saturated heterocycles. The molecule has 2 atom stereocenters. The van der Waals surface area contributed by atoms with Crippen LogP contribution in [0.2, 0.25) is 0 Å². The SMILES string of the molecule is CC(=O)S[C@H]1C[C@@H](C(=O)N2CCCN(C(C)=NC(=O)OCc3ccc([N+](=O)[O-])cc3)CC2)N(C)C1. The van der Waals surface area contributed by atoms with E-state index in [1.54, 1.807) is 13.8 Å². The summed E-state index contributed by atoms with van der Waals surface area (Å²) in [5, 5.41) is 10.9. The van der Waals surface area contributed by atoms with Gasteiger partial charge in [-0.1, -0.05) is 11.8 Å². The van der Waals surface area contributed by atoms with Gasteiger partial charge in [-0.2, -0.15) is 4.99 Å². The number of non-ortho nitro benzene ring substituents is 1. The van der Waals surface area contributed by atoms with Gasteiger partial charge in [0, 0.05) is 57.0 Å². The maximum absolute atomic E-state index is 13.2. The highest BCUT2D eigenvalue weighted by atomic mass is 32.2. The third kappa shape index (κ3) is 7.49. The number of likely N-dealkylation sites (N-methyl/N-ethyl adjacent to an activating group) is 1. The number of rotatable bonds is 5. The minimum atomic E-state index is -0.736. The molecule has 0 bridgehead atoms. The number of nitro groups is 1. The summed E-state index contributed by atoms with van der Waals surface area (Å²) in [6.07, 6.45) is 0.680. The molecule has 1 aromatic carbocycles.